The summed E-state index contributed by atoms with van der Waals surface area (Å²) in [7, 11) is 0. The van der Waals surface area contributed by atoms with Gasteiger partial charge < -0.3 is 19.1 Å². The molecule has 0 aliphatic carbocycles. The van der Waals surface area contributed by atoms with Gasteiger partial charge >= 0.3 is 5.97 Å². The number of rotatable bonds is 5. The van der Waals surface area contributed by atoms with Crippen LogP contribution in [0.1, 0.15) is 27.8 Å². The highest BCUT2D eigenvalue weighted by molar-refractivity contribution is 6.33. The zero-order valence-electron chi connectivity index (χ0n) is 15.2. The summed E-state index contributed by atoms with van der Waals surface area (Å²) in [4.78, 5) is 23.8. The second-order valence-corrected chi connectivity index (χ2v) is 6.55. The summed E-state index contributed by atoms with van der Waals surface area (Å²) in [5.74, 6) is -1.57. The zero-order valence-corrected chi connectivity index (χ0v) is 16.0. The number of esters is 1. The molecule has 0 fully saturated rings. The Labute approximate surface area is 170 Å². The van der Waals surface area contributed by atoms with Crippen LogP contribution in [0.5, 0.6) is 0 Å². The van der Waals surface area contributed by atoms with E-state index in [4.69, 9.17) is 20.8 Å². The topological polar surface area (TPSA) is 97.4 Å². The van der Waals surface area contributed by atoms with Crippen molar-refractivity contribution in [3.05, 3.63) is 70.9 Å². The van der Waals surface area contributed by atoms with E-state index in [1.807, 2.05) is 30.3 Å². The minimum absolute atomic E-state index is 0.0242. The van der Waals surface area contributed by atoms with Crippen LogP contribution in [0.4, 0.5) is 0 Å². The summed E-state index contributed by atoms with van der Waals surface area (Å²) >= 11 is 5.92. The third kappa shape index (κ3) is 3.48. The number of carbonyl (C=O) groups excluding carboxylic acids is 2. The molecule has 7 nitrogen and oxygen atoms in total. The van der Waals surface area contributed by atoms with E-state index in [1.165, 1.54) is 22.9 Å². The lowest BCUT2D eigenvalue weighted by Gasteiger charge is -2.10. The summed E-state index contributed by atoms with van der Waals surface area (Å²) in [6, 6.07) is 15.0. The lowest BCUT2D eigenvalue weighted by molar-refractivity contribution is -0.255. The van der Waals surface area contributed by atoms with Crippen molar-refractivity contribution in [1.82, 2.24) is 9.78 Å². The quantitative estimate of drug-likeness (QED) is 0.468. The fourth-order valence-corrected chi connectivity index (χ4v) is 3.15. The third-order valence-electron chi connectivity index (χ3n) is 4.29. The van der Waals surface area contributed by atoms with Crippen molar-refractivity contribution in [3.8, 4) is 17.1 Å². The van der Waals surface area contributed by atoms with E-state index >= 15 is 0 Å². The molecule has 0 aliphatic rings. The number of benzene rings is 2. The molecule has 0 saturated heterocycles. The Morgan fingerprint density at radius 3 is 2.69 bits per heavy atom. The number of carboxylic acid groups (broad SMARTS) is 1. The Hall–Kier alpha value is -3.58. The Balaban J connectivity index is 1.87. The lowest BCUT2D eigenvalue weighted by atomic mass is 10.2. The van der Waals surface area contributed by atoms with E-state index < -0.39 is 11.9 Å². The van der Waals surface area contributed by atoms with Gasteiger partial charge in [-0.15, -0.1) is 0 Å². The number of ether oxygens (including phenoxy) is 1. The van der Waals surface area contributed by atoms with Gasteiger partial charge in [-0.2, -0.15) is 5.10 Å². The maximum Gasteiger partial charge on any atom is 0.357 e. The Kier molecular flexibility index (Phi) is 4.82. The van der Waals surface area contributed by atoms with Gasteiger partial charge in [0.15, 0.2) is 11.5 Å². The molecule has 2 aromatic heterocycles. The number of aromatic carboxylic acids is 1. The Morgan fingerprint density at radius 2 is 1.97 bits per heavy atom. The van der Waals surface area contributed by atoms with Crippen LogP contribution in [0.15, 0.2) is 59.0 Å². The van der Waals surface area contributed by atoms with Crippen molar-refractivity contribution in [3.63, 3.8) is 0 Å². The molecule has 0 bridgehead atoms. The van der Waals surface area contributed by atoms with Crippen molar-refractivity contribution in [2.24, 2.45) is 0 Å². The van der Waals surface area contributed by atoms with Crippen molar-refractivity contribution >= 4 is 34.5 Å². The highest BCUT2D eigenvalue weighted by atomic mass is 35.5. The number of para-hydroxylation sites is 1. The first-order valence-corrected chi connectivity index (χ1v) is 9.13. The molecule has 4 aromatic rings. The second kappa shape index (κ2) is 7.44. The number of halogens is 1. The number of hydrogen-bond donors (Lipinski definition) is 0. The number of aromatic nitrogens is 2. The molecule has 0 radical (unpaired) electrons. The van der Waals surface area contributed by atoms with E-state index in [1.54, 1.807) is 13.0 Å². The predicted octanol–water partition coefficient (Wildman–Crippen LogP) is 3.48. The number of carbonyl (C=O) groups is 2. The normalized spacial score (nSPS) is 11.0. The van der Waals surface area contributed by atoms with Gasteiger partial charge in [0.25, 0.3) is 0 Å². The van der Waals surface area contributed by atoms with Crippen LogP contribution in [0.2, 0.25) is 5.02 Å². The summed E-state index contributed by atoms with van der Waals surface area (Å²) in [5.41, 5.74) is 1.31. The van der Waals surface area contributed by atoms with Crippen LogP contribution >= 0.6 is 11.6 Å². The second-order valence-electron chi connectivity index (χ2n) is 6.15. The molecule has 0 unspecified atom stereocenters. The molecule has 0 spiro atoms. The highest BCUT2D eigenvalue weighted by Crippen LogP contribution is 2.29. The number of carboxylic acids is 1. The molecule has 0 aliphatic heterocycles. The fraction of sp³-hybridized carbons (Fsp3) is 0.0952. The molecule has 146 valence electrons. The SMILES string of the molecule is CCOC(=O)c1cc(-c2cc3ccccc3o2)nn1-c1ccc(Cl)c(C(=O)[O-])c1. The van der Waals surface area contributed by atoms with Gasteiger partial charge in [0.1, 0.15) is 11.3 Å². The van der Waals surface area contributed by atoms with Crippen molar-refractivity contribution < 1.29 is 23.8 Å². The van der Waals surface area contributed by atoms with Gasteiger partial charge in [-0.3, -0.25) is 0 Å². The average molecular weight is 410 g/mol. The summed E-state index contributed by atoms with van der Waals surface area (Å²) < 4.78 is 12.2. The average Bonchev–Trinajstić information content (AvgIpc) is 3.32. The lowest BCUT2D eigenvalue weighted by Crippen LogP contribution is -2.23. The van der Waals surface area contributed by atoms with Crippen molar-refractivity contribution in [2.45, 2.75) is 6.92 Å². The van der Waals surface area contributed by atoms with E-state index in [9.17, 15) is 14.7 Å². The molecule has 2 heterocycles. The zero-order chi connectivity index (χ0) is 20.5. The van der Waals surface area contributed by atoms with Gasteiger partial charge in [-0.1, -0.05) is 29.8 Å². The molecule has 8 heteroatoms. The maximum absolute atomic E-state index is 12.5. The number of hydrogen-bond acceptors (Lipinski definition) is 6. The van der Waals surface area contributed by atoms with Gasteiger partial charge in [0.05, 0.1) is 18.3 Å². The van der Waals surface area contributed by atoms with E-state index in [-0.39, 0.29) is 22.9 Å². The molecular formula is C21H14ClN2O5-. The Bertz CT molecular complexity index is 1210. The molecule has 29 heavy (non-hydrogen) atoms. The van der Waals surface area contributed by atoms with Crippen LogP contribution < -0.4 is 5.11 Å². The molecular weight excluding hydrogens is 396 g/mol. The van der Waals surface area contributed by atoms with Crippen LogP contribution in [0, 0.1) is 0 Å². The number of nitrogens with zero attached hydrogens (tertiary/aromatic N) is 2. The van der Waals surface area contributed by atoms with E-state index in [2.05, 4.69) is 5.10 Å². The van der Waals surface area contributed by atoms with Gasteiger partial charge in [-0.25, -0.2) is 9.48 Å². The van der Waals surface area contributed by atoms with Crippen LogP contribution in [-0.4, -0.2) is 28.3 Å². The number of fused-ring (bicyclic) bond motifs is 1. The fourth-order valence-electron chi connectivity index (χ4n) is 2.96. The first kappa shape index (κ1) is 18.8. The molecule has 0 atom stereocenters. The van der Waals surface area contributed by atoms with E-state index in [0.717, 1.165) is 5.39 Å². The standard InChI is InChI=1S/C21H15ClN2O5/c1-2-28-21(27)17-11-16(19-9-12-5-3-4-6-18(12)29-19)23-24(17)13-7-8-15(22)14(10-13)20(25)26/h3-11H,2H2,1H3,(H,25,26)/p-1. The van der Waals surface area contributed by atoms with Crippen LogP contribution in [0.3, 0.4) is 0 Å². The number of furan rings is 1. The van der Waals surface area contributed by atoms with Crippen molar-refractivity contribution in [2.75, 3.05) is 6.61 Å². The molecule has 0 saturated carbocycles. The monoisotopic (exact) mass is 409 g/mol. The summed E-state index contributed by atoms with van der Waals surface area (Å²) in [6.45, 7) is 1.87. The molecule has 2 aromatic carbocycles. The van der Waals surface area contributed by atoms with Gasteiger partial charge in [0.2, 0.25) is 0 Å². The largest absolute Gasteiger partial charge is 0.545 e. The third-order valence-corrected chi connectivity index (χ3v) is 4.62. The molecule has 0 N–H and O–H groups in total. The smallest absolute Gasteiger partial charge is 0.357 e. The minimum atomic E-state index is -1.43. The predicted molar refractivity (Wildman–Crippen MR) is 104 cm³/mol. The highest BCUT2D eigenvalue weighted by Gasteiger charge is 2.21. The van der Waals surface area contributed by atoms with Crippen molar-refractivity contribution in [1.29, 1.82) is 0 Å². The maximum atomic E-state index is 12.5. The van der Waals surface area contributed by atoms with Gasteiger partial charge in [0, 0.05) is 22.0 Å². The molecule has 4 rings (SSSR count). The first-order valence-electron chi connectivity index (χ1n) is 8.75. The van der Waals surface area contributed by atoms with Crippen LogP contribution in [0.25, 0.3) is 28.1 Å². The summed E-state index contributed by atoms with van der Waals surface area (Å²) in [6.07, 6.45) is 0. The summed E-state index contributed by atoms with van der Waals surface area (Å²) in [5, 5.41) is 16.7. The van der Waals surface area contributed by atoms with Crippen LogP contribution in [-0.2, 0) is 4.74 Å². The van der Waals surface area contributed by atoms with E-state index in [0.29, 0.717) is 22.7 Å². The van der Waals surface area contributed by atoms with Gasteiger partial charge in [-0.05, 0) is 37.3 Å². The Morgan fingerprint density at radius 1 is 1.17 bits per heavy atom. The minimum Gasteiger partial charge on any atom is -0.545 e. The first-order chi connectivity index (χ1) is 14.0. The molecule has 0 amide bonds.